The Morgan fingerprint density at radius 2 is 1.86 bits per heavy atom. The number of amides is 2. The van der Waals surface area contributed by atoms with E-state index in [1.807, 2.05) is 18.2 Å². The van der Waals surface area contributed by atoms with Crippen molar-refractivity contribution in [1.82, 2.24) is 5.32 Å². The highest BCUT2D eigenvalue weighted by Gasteiger charge is 2.33. The first kappa shape index (κ1) is 20.7. The van der Waals surface area contributed by atoms with E-state index in [4.69, 9.17) is 9.47 Å². The number of nitrogens with one attached hydrogen (secondary N) is 3. The average molecular weight is 398 g/mol. The molecular weight excluding hydrogens is 370 g/mol. The van der Waals surface area contributed by atoms with E-state index in [1.54, 1.807) is 45.5 Å². The van der Waals surface area contributed by atoms with Gasteiger partial charge in [-0.25, -0.2) is 0 Å². The predicted octanol–water partition coefficient (Wildman–Crippen LogP) is 1.42. The Morgan fingerprint density at radius 3 is 2.52 bits per heavy atom. The topological polar surface area (TPSA) is 81.1 Å². The molecule has 1 saturated heterocycles. The van der Waals surface area contributed by atoms with E-state index >= 15 is 0 Å². The van der Waals surface area contributed by atoms with E-state index in [0.29, 0.717) is 17.8 Å². The monoisotopic (exact) mass is 398 g/mol. The van der Waals surface area contributed by atoms with Gasteiger partial charge in [-0.3, -0.25) is 9.59 Å². The summed E-state index contributed by atoms with van der Waals surface area (Å²) in [5.41, 5.74) is 2.34. The number of hydrogen-bond donors (Lipinski definition) is 3. The largest absolute Gasteiger partial charge is 0.497 e. The third-order valence-corrected chi connectivity index (χ3v) is 5.35. The van der Waals surface area contributed by atoms with Crippen molar-refractivity contribution in [2.75, 3.05) is 39.7 Å². The quantitative estimate of drug-likeness (QED) is 0.659. The zero-order chi connectivity index (χ0) is 20.8. The van der Waals surface area contributed by atoms with Crippen molar-refractivity contribution in [2.45, 2.75) is 18.9 Å². The number of quaternary nitrogens is 1. The molecule has 1 fully saturated rings. The molecule has 2 atom stereocenters. The van der Waals surface area contributed by atoms with E-state index in [9.17, 15) is 9.59 Å². The molecule has 1 unspecified atom stereocenters. The van der Waals surface area contributed by atoms with Gasteiger partial charge in [-0.1, -0.05) is 0 Å². The molecule has 1 aliphatic heterocycles. The summed E-state index contributed by atoms with van der Waals surface area (Å²) in [5.74, 6) is 1.34. The van der Waals surface area contributed by atoms with E-state index in [0.717, 1.165) is 36.4 Å². The van der Waals surface area contributed by atoms with Gasteiger partial charge in [0.25, 0.3) is 11.8 Å². The summed E-state index contributed by atoms with van der Waals surface area (Å²) in [7, 11) is 4.88. The van der Waals surface area contributed by atoms with Crippen molar-refractivity contribution in [1.29, 1.82) is 0 Å². The van der Waals surface area contributed by atoms with E-state index < -0.39 is 0 Å². The van der Waals surface area contributed by atoms with Gasteiger partial charge in [0.1, 0.15) is 17.5 Å². The van der Waals surface area contributed by atoms with Gasteiger partial charge in [0.15, 0.2) is 6.54 Å². The standard InChI is InChI=1S/C22H27N3O4/c1-23-22(27)15-6-8-16(9-7-15)24-21(26)14-25-12-4-5-19(25)18-11-10-17(28-2)13-20(18)29-3/h6-11,13,19H,4-5,12,14H2,1-3H3,(H,23,27)(H,24,26)/p+1/t19-/m1/s1. The lowest BCUT2D eigenvalue weighted by Crippen LogP contribution is -3.11. The highest BCUT2D eigenvalue weighted by atomic mass is 16.5. The maximum absolute atomic E-state index is 12.6. The van der Waals surface area contributed by atoms with Crippen molar-refractivity contribution in [3.05, 3.63) is 53.6 Å². The minimum Gasteiger partial charge on any atom is -0.497 e. The highest BCUT2D eigenvalue weighted by molar-refractivity contribution is 5.95. The molecule has 0 bridgehead atoms. The van der Waals surface area contributed by atoms with Crippen LogP contribution in [0.15, 0.2) is 42.5 Å². The smallest absolute Gasteiger partial charge is 0.279 e. The molecule has 0 spiro atoms. The Bertz CT molecular complexity index is 867. The maximum Gasteiger partial charge on any atom is 0.279 e. The molecule has 1 aliphatic rings. The Morgan fingerprint density at radius 1 is 1.10 bits per heavy atom. The molecule has 0 saturated carbocycles. The van der Waals surface area contributed by atoms with Gasteiger partial charge < -0.3 is 25.0 Å². The fourth-order valence-corrected chi connectivity index (χ4v) is 3.87. The van der Waals surface area contributed by atoms with Crippen LogP contribution in [-0.2, 0) is 4.79 Å². The summed E-state index contributed by atoms with van der Waals surface area (Å²) in [6, 6.07) is 12.9. The van der Waals surface area contributed by atoms with Crippen LogP contribution < -0.4 is 25.0 Å². The maximum atomic E-state index is 12.6. The lowest BCUT2D eigenvalue weighted by Gasteiger charge is -2.23. The SMILES string of the molecule is CNC(=O)c1ccc(NC(=O)C[NH+]2CCC[C@@H]2c2ccc(OC)cc2OC)cc1. The van der Waals surface area contributed by atoms with Gasteiger partial charge in [-0.15, -0.1) is 0 Å². The predicted molar refractivity (Wildman–Crippen MR) is 111 cm³/mol. The van der Waals surface area contributed by atoms with Crippen LogP contribution in [0.4, 0.5) is 5.69 Å². The molecule has 7 nitrogen and oxygen atoms in total. The van der Waals surface area contributed by atoms with Gasteiger partial charge in [0, 0.05) is 37.2 Å². The lowest BCUT2D eigenvalue weighted by atomic mass is 10.0. The van der Waals surface area contributed by atoms with Crippen molar-refractivity contribution < 1.29 is 24.0 Å². The van der Waals surface area contributed by atoms with Crippen LogP contribution in [0, 0.1) is 0 Å². The van der Waals surface area contributed by atoms with Crippen LogP contribution in [0.25, 0.3) is 0 Å². The zero-order valence-electron chi connectivity index (χ0n) is 17.1. The fourth-order valence-electron chi connectivity index (χ4n) is 3.87. The summed E-state index contributed by atoms with van der Waals surface area (Å²) in [6.07, 6.45) is 2.06. The minimum absolute atomic E-state index is 0.0490. The van der Waals surface area contributed by atoms with Crippen molar-refractivity contribution in [3.63, 3.8) is 0 Å². The first-order chi connectivity index (χ1) is 14.0. The number of hydrogen-bond acceptors (Lipinski definition) is 4. The van der Waals surface area contributed by atoms with E-state index in [-0.39, 0.29) is 17.9 Å². The molecule has 2 aromatic rings. The average Bonchev–Trinajstić information content (AvgIpc) is 3.20. The highest BCUT2D eigenvalue weighted by Crippen LogP contribution is 2.31. The van der Waals surface area contributed by atoms with Crippen LogP contribution in [-0.4, -0.2) is 46.2 Å². The molecule has 0 radical (unpaired) electrons. The third kappa shape index (κ3) is 4.86. The summed E-state index contributed by atoms with van der Waals surface area (Å²) >= 11 is 0. The first-order valence-corrected chi connectivity index (χ1v) is 9.74. The normalized spacial score (nSPS) is 18.2. The van der Waals surface area contributed by atoms with Crippen LogP contribution >= 0.6 is 0 Å². The summed E-state index contributed by atoms with van der Waals surface area (Å²) < 4.78 is 10.8. The van der Waals surface area contributed by atoms with Crippen LogP contribution in [0.3, 0.4) is 0 Å². The van der Waals surface area contributed by atoms with Gasteiger partial charge in [-0.05, 0) is 36.4 Å². The summed E-state index contributed by atoms with van der Waals surface area (Å²) in [5, 5.41) is 5.51. The molecule has 3 rings (SSSR count). The van der Waals surface area contributed by atoms with Crippen molar-refractivity contribution in [2.24, 2.45) is 0 Å². The molecule has 3 N–H and O–H groups in total. The second-order valence-electron chi connectivity index (χ2n) is 7.09. The van der Waals surface area contributed by atoms with Crippen molar-refractivity contribution in [3.8, 4) is 11.5 Å². The lowest BCUT2D eigenvalue weighted by molar-refractivity contribution is -0.910. The Kier molecular flexibility index (Phi) is 6.72. The number of rotatable bonds is 7. The molecule has 1 heterocycles. The van der Waals surface area contributed by atoms with Crippen LogP contribution in [0.5, 0.6) is 11.5 Å². The van der Waals surface area contributed by atoms with Gasteiger partial charge >= 0.3 is 0 Å². The number of carbonyl (C=O) groups excluding carboxylic acids is 2. The molecule has 0 aromatic heterocycles. The van der Waals surface area contributed by atoms with Gasteiger partial charge in [0.05, 0.1) is 26.3 Å². The Hall–Kier alpha value is -3.06. The molecule has 0 aliphatic carbocycles. The zero-order valence-corrected chi connectivity index (χ0v) is 17.1. The third-order valence-electron chi connectivity index (χ3n) is 5.35. The Balaban J connectivity index is 1.66. The number of ether oxygens (including phenoxy) is 2. The number of likely N-dealkylation sites (tertiary alicyclic amines) is 1. The molecule has 29 heavy (non-hydrogen) atoms. The number of anilines is 1. The van der Waals surface area contributed by atoms with Crippen LogP contribution in [0.1, 0.15) is 34.8 Å². The summed E-state index contributed by atoms with van der Waals surface area (Å²) in [4.78, 5) is 25.4. The van der Waals surface area contributed by atoms with Crippen molar-refractivity contribution >= 4 is 17.5 Å². The molecule has 2 aromatic carbocycles. The minimum atomic E-state index is -0.152. The van der Waals surface area contributed by atoms with Crippen LogP contribution in [0.2, 0.25) is 0 Å². The first-order valence-electron chi connectivity index (χ1n) is 9.74. The number of carbonyl (C=O) groups is 2. The second-order valence-corrected chi connectivity index (χ2v) is 7.09. The Labute approximate surface area is 171 Å². The van der Waals surface area contributed by atoms with E-state index in [1.165, 1.54) is 4.90 Å². The second kappa shape index (κ2) is 9.43. The van der Waals surface area contributed by atoms with Gasteiger partial charge in [0.2, 0.25) is 0 Å². The molecule has 2 amide bonds. The number of methoxy groups -OCH3 is 2. The molecular formula is C22H28N3O4+. The molecule has 7 heteroatoms. The van der Waals surface area contributed by atoms with E-state index in [2.05, 4.69) is 10.6 Å². The number of benzene rings is 2. The molecule has 154 valence electrons. The summed E-state index contributed by atoms with van der Waals surface area (Å²) in [6.45, 7) is 1.31. The van der Waals surface area contributed by atoms with Gasteiger partial charge in [-0.2, -0.15) is 0 Å². The fraction of sp³-hybridized carbons (Fsp3) is 0.364.